The number of hydrogen-bond donors (Lipinski definition) is 0. The van der Waals surface area contributed by atoms with Crippen LogP contribution in [0.4, 0.5) is 0 Å². The predicted molar refractivity (Wildman–Crippen MR) is 90.5 cm³/mol. The number of imidazole rings is 1. The van der Waals surface area contributed by atoms with E-state index in [0.29, 0.717) is 0 Å². The summed E-state index contributed by atoms with van der Waals surface area (Å²) in [4.78, 5) is 0. The molecule has 0 radical (unpaired) electrons. The highest BCUT2D eigenvalue weighted by Crippen LogP contribution is 2.17. The van der Waals surface area contributed by atoms with E-state index in [0.717, 1.165) is 13.1 Å². The third-order valence-electron chi connectivity index (χ3n) is 3.95. The van der Waals surface area contributed by atoms with E-state index in [2.05, 4.69) is 89.1 Å². The molecule has 2 nitrogen and oxygen atoms in total. The zero-order valence-electron chi connectivity index (χ0n) is 13.2. The van der Waals surface area contributed by atoms with Gasteiger partial charge < -0.3 is 0 Å². The highest BCUT2D eigenvalue weighted by Gasteiger charge is 2.18. The molecule has 0 aliphatic carbocycles. The summed E-state index contributed by atoms with van der Waals surface area (Å²) in [6, 6.07) is 21.3. The topological polar surface area (TPSA) is 8.81 Å². The molecule has 0 atom stereocenters. The molecule has 0 spiro atoms. The summed E-state index contributed by atoms with van der Waals surface area (Å²) in [5.41, 5.74) is 2.61. The zero-order chi connectivity index (χ0) is 15.2. The van der Waals surface area contributed by atoms with Gasteiger partial charge in [-0.05, 0) is 24.1 Å². The fourth-order valence-electron chi connectivity index (χ4n) is 2.80. The number of hydrogen-bond acceptors (Lipinski definition) is 0. The van der Waals surface area contributed by atoms with Crippen LogP contribution in [-0.4, -0.2) is 4.57 Å². The number of rotatable bonds is 6. The minimum absolute atomic E-state index is 0.907. The monoisotopic (exact) mass is 291 g/mol. The van der Waals surface area contributed by atoms with E-state index in [1.807, 2.05) is 0 Å². The highest BCUT2D eigenvalue weighted by molar-refractivity contribution is 5.52. The molecule has 2 aromatic carbocycles. The Kier molecular flexibility index (Phi) is 4.69. The summed E-state index contributed by atoms with van der Waals surface area (Å²) in [6.07, 6.45) is 6.83. The van der Waals surface area contributed by atoms with Gasteiger partial charge in [0.25, 0.3) is 5.82 Å². The van der Waals surface area contributed by atoms with E-state index < -0.39 is 0 Å². The lowest BCUT2D eigenvalue weighted by molar-refractivity contribution is -0.685. The first-order valence-corrected chi connectivity index (χ1v) is 8.06. The van der Waals surface area contributed by atoms with Crippen molar-refractivity contribution in [3.8, 4) is 11.4 Å². The second-order valence-corrected chi connectivity index (χ2v) is 5.65. The molecule has 3 rings (SSSR count). The van der Waals surface area contributed by atoms with E-state index >= 15 is 0 Å². The largest absolute Gasteiger partial charge is 0.289 e. The number of benzene rings is 2. The van der Waals surface area contributed by atoms with Crippen molar-refractivity contribution >= 4 is 0 Å². The Labute approximate surface area is 132 Å². The third kappa shape index (κ3) is 3.28. The number of aromatic nitrogens is 2. The first-order chi connectivity index (χ1) is 10.9. The van der Waals surface area contributed by atoms with Crippen molar-refractivity contribution in [2.75, 3.05) is 0 Å². The number of aryl methyl sites for hydroxylation is 1. The molecule has 0 N–H and O–H groups in total. The number of nitrogens with zero attached hydrogens (tertiary/aromatic N) is 2. The van der Waals surface area contributed by atoms with Gasteiger partial charge in [0, 0.05) is 0 Å². The van der Waals surface area contributed by atoms with Gasteiger partial charge in [-0.25, -0.2) is 9.13 Å². The van der Waals surface area contributed by atoms with Gasteiger partial charge >= 0.3 is 0 Å². The van der Waals surface area contributed by atoms with Gasteiger partial charge in [-0.3, -0.25) is 0 Å². The Morgan fingerprint density at radius 1 is 0.909 bits per heavy atom. The molecule has 22 heavy (non-hydrogen) atoms. The molecular weight excluding hydrogens is 268 g/mol. The Hall–Kier alpha value is -2.35. The van der Waals surface area contributed by atoms with Crippen molar-refractivity contribution in [3.63, 3.8) is 0 Å². The average molecular weight is 291 g/mol. The van der Waals surface area contributed by atoms with Crippen LogP contribution in [0.2, 0.25) is 0 Å². The second-order valence-electron chi connectivity index (χ2n) is 5.65. The van der Waals surface area contributed by atoms with Gasteiger partial charge in [0.05, 0.1) is 12.1 Å². The summed E-state index contributed by atoms with van der Waals surface area (Å²) in [6.45, 7) is 4.22. The average Bonchev–Trinajstić information content (AvgIpc) is 2.97. The van der Waals surface area contributed by atoms with Crippen LogP contribution in [-0.2, 0) is 13.1 Å². The number of unbranched alkanes of at least 4 members (excludes halogenated alkanes) is 1. The lowest BCUT2D eigenvalue weighted by atomic mass is 10.2. The van der Waals surface area contributed by atoms with Crippen LogP contribution in [0.3, 0.4) is 0 Å². The maximum Gasteiger partial charge on any atom is 0.289 e. The molecule has 0 saturated carbocycles. The van der Waals surface area contributed by atoms with Crippen molar-refractivity contribution in [2.24, 2.45) is 0 Å². The van der Waals surface area contributed by atoms with E-state index in [9.17, 15) is 0 Å². The van der Waals surface area contributed by atoms with E-state index in [-0.39, 0.29) is 0 Å². The van der Waals surface area contributed by atoms with E-state index in [1.165, 1.54) is 29.8 Å². The molecule has 0 aliphatic rings. The van der Waals surface area contributed by atoms with Gasteiger partial charge in [-0.2, -0.15) is 0 Å². The summed E-state index contributed by atoms with van der Waals surface area (Å²) < 4.78 is 4.72. The smallest absolute Gasteiger partial charge is 0.230 e. The zero-order valence-corrected chi connectivity index (χ0v) is 13.2. The molecule has 1 aromatic heterocycles. The molecule has 0 amide bonds. The van der Waals surface area contributed by atoms with Gasteiger partial charge in [-0.1, -0.05) is 61.9 Å². The Morgan fingerprint density at radius 3 is 2.27 bits per heavy atom. The van der Waals surface area contributed by atoms with Gasteiger partial charge in [0.1, 0.15) is 18.9 Å². The fourth-order valence-corrected chi connectivity index (χ4v) is 2.80. The normalized spacial score (nSPS) is 10.8. The Balaban J connectivity index is 1.97. The molecular formula is C20H23N2+. The highest BCUT2D eigenvalue weighted by atomic mass is 15.1. The van der Waals surface area contributed by atoms with Crippen molar-refractivity contribution < 1.29 is 4.57 Å². The lowest BCUT2D eigenvalue weighted by Gasteiger charge is -2.05. The summed E-state index contributed by atoms with van der Waals surface area (Å²) in [5, 5.41) is 0. The Bertz CT molecular complexity index is 699. The fraction of sp³-hybridized carbons (Fsp3) is 0.250. The quantitative estimate of drug-likeness (QED) is 0.599. The molecule has 0 unspecified atom stereocenters. The third-order valence-corrected chi connectivity index (χ3v) is 3.95. The van der Waals surface area contributed by atoms with Crippen LogP contribution in [0.5, 0.6) is 0 Å². The summed E-state index contributed by atoms with van der Waals surface area (Å²) in [7, 11) is 0. The van der Waals surface area contributed by atoms with Gasteiger partial charge in [0.15, 0.2) is 0 Å². The second kappa shape index (κ2) is 7.08. The van der Waals surface area contributed by atoms with Crippen molar-refractivity contribution in [1.29, 1.82) is 0 Å². The van der Waals surface area contributed by atoms with Crippen LogP contribution in [0, 0.1) is 0 Å². The first-order valence-electron chi connectivity index (χ1n) is 8.06. The molecule has 2 heteroatoms. The minimum atomic E-state index is 0.907. The molecule has 0 fully saturated rings. The molecule has 0 bridgehead atoms. The van der Waals surface area contributed by atoms with Crippen LogP contribution >= 0.6 is 0 Å². The van der Waals surface area contributed by atoms with E-state index in [1.54, 1.807) is 0 Å². The Morgan fingerprint density at radius 2 is 1.59 bits per heavy atom. The molecule has 0 saturated heterocycles. The standard InChI is InChI=1S/C20H23N2/c1-2-3-14-21-15-16-22(17-18-10-6-4-7-11-18)20(21)19-12-8-5-9-13-19/h4-13,15-16H,2-3,14,17H2,1H3/q+1. The molecule has 112 valence electrons. The predicted octanol–water partition coefficient (Wildman–Crippen LogP) is 4.29. The summed E-state index contributed by atoms with van der Waals surface area (Å²) in [5.74, 6) is 1.29. The van der Waals surface area contributed by atoms with Gasteiger partial charge in [0.2, 0.25) is 0 Å². The maximum absolute atomic E-state index is 2.38. The van der Waals surface area contributed by atoms with Gasteiger partial charge in [-0.15, -0.1) is 0 Å². The SMILES string of the molecule is CCCC[n+]1ccn(Cc2ccccc2)c1-c1ccccc1. The van der Waals surface area contributed by atoms with Crippen LogP contribution in [0.1, 0.15) is 25.3 Å². The van der Waals surface area contributed by atoms with Crippen molar-refractivity contribution in [3.05, 3.63) is 78.6 Å². The minimum Gasteiger partial charge on any atom is -0.230 e. The van der Waals surface area contributed by atoms with Crippen LogP contribution in [0.15, 0.2) is 73.1 Å². The molecule has 3 aromatic rings. The summed E-state index contributed by atoms with van der Waals surface area (Å²) >= 11 is 0. The van der Waals surface area contributed by atoms with Crippen LogP contribution in [0.25, 0.3) is 11.4 Å². The van der Waals surface area contributed by atoms with Crippen LogP contribution < -0.4 is 4.57 Å². The lowest BCUT2D eigenvalue weighted by Crippen LogP contribution is -2.34. The molecule has 0 aliphatic heterocycles. The maximum atomic E-state index is 2.38. The first kappa shape index (κ1) is 14.6. The molecule has 1 heterocycles. The van der Waals surface area contributed by atoms with E-state index in [4.69, 9.17) is 0 Å². The van der Waals surface area contributed by atoms with Crippen molar-refractivity contribution in [1.82, 2.24) is 4.57 Å². The van der Waals surface area contributed by atoms with Crippen molar-refractivity contribution in [2.45, 2.75) is 32.9 Å².